The molecule has 2 aromatic heterocycles. The molecule has 1 amide bonds. The molecule has 0 fully saturated rings. The molecule has 1 N–H and O–H groups in total. The molecule has 1 aromatic carbocycles. The Balaban J connectivity index is 1.96. The van der Waals surface area contributed by atoms with Crippen LogP contribution in [0.3, 0.4) is 0 Å². The number of benzene rings is 1. The number of nitrogens with one attached hydrogen (secondary N) is 1. The topological polar surface area (TPSA) is 102 Å². The molecule has 122 valence electrons. The van der Waals surface area contributed by atoms with Gasteiger partial charge in [-0.25, -0.2) is 17.7 Å². The van der Waals surface area contributed by atoms with Crippen molar-refractivity contribution in [1.29, 1.82) is 0 Å². The van der Waals surface area contributed by atoms with Crippen molar-refractivity contribution in [3.05, 3.63) is 63.6 Å². The number of hydrogen-bond acceptors (Lipinski definition) is 5. The molecule has 3 aromatic rings. The van der Waals surface area contributed by atoms with E-state index in [9.17, 15) is 28.1 Å². The maximum absolute atomic E-state index is 13.6. The third kappa shape index (κ3) is 2.51. The molecule has 3 rings (SSSR count). The molecule has 0 aliphatic rings. The first kappa shape index (κ1) is 15.4. The molecule has 0 radical (unpaired) electrons. The van der Waals surface area contributed by atoms with Crippen molar-refractivity contribution in [3.63, 3.8) is 0 Å². The van der Waals surface area contributed by atoms with Crippen molar-refractivity contribution in [2.75, 3.05) is 5.32 Å². The van der Waals surface area contributed by atoms with Gasteiger partial charge in [0.15, 0.2) is 17.5 Å². The lowest BCUT2D eigenvalue weighted by atomic mass is 10.2. The zero-order valence-corrected chi connectivity index (χ0v) is 11.5. The maximum atomic E-state index is 13.6. The Bertz CT molecular complexity index is 988. The summed E-state index contributed by atoms with van der Waals surface area (Å²) < 4.78 is 40.6. The van der Waals surface area contributed by atoms with E-state index in [1.165, 1.54) is 18.3 Å². The van der Waals surface area contributed by atoms with Crippen LogP contribution >= 0.6 is 0 Å². The molecule has 24 heavy (non-hydrogen) atoms. The third-order valence-electron chi connectivity index (χ3n) is 3.04. The second-order valence-electron chi connectivity index (χ2n) is 4.53. The number of aromatic nitrogens is 3. The molecular weight excluding hydrogens is 331 g/mol. The molecule has 0 atom stereocenters. The number of amides is 1. The smallest absolute Gasteiger partial charge is 0.289 e. The normalized spacial score (nSPS) is 10.8. The minimum Gasteiger partial charge on any atom is -0.289 e. The molecule has 0 aliphatic heterocycles. The first-order valence-corrected chi connectivity index (χ1v) is 6.33. The summed E-state index contributed by atoms with van der Waals surface area (Å²) >= 11 is 0. The first-order valence-electron chi connectivity index (χ1n) is 6.33. The van der Waals surface area contributed by atoms with Crippen LogP contribution in [0.4, 0.5) is 24.8 Å². The van der Waals surface area contributed by atoms with Gasteiger partial charge in [0.1, 0.15) is 0 Å². The van der Waals surface area contributed by atoms with E-state index in [0.29, 0.717) is 6.07 Å². The summed E-state index contributed by atoms with van der Waals surface area (Å²) in [7, 11) is 0. The number of nitro groups is 1. The average Bonchev–Trinajstić information content (AvgIpc) is 2.94. The SMILES string of the molecule is O=C(Nc1nc2c([N+](=O)[O-])cccn2n1)c1ccc(F)c(F)c1F. The fourth-order valence-corrected chi connectivity index (χ4v) is 1.96. The summed E-state index contributed by atoms with van der Waals surface area (Å²) in [5, 5.41) is 16.7. The Morgan fingerprint density at radius 2 is 1.96 bits per heavy atom. The molecule has 0 saturated heterocycles. The lowest BCUT2D eigenvalue weighted by molar-refractivity contribution is -0.383. The van der Waals surface area contributed by atoms with Crippen molar-refractivity contribution in [2.45, 2.75) is 0 Å². The number of rotatable bonds is 3. The van der Waals surface area contributed by atoms with Gasteiger partial charge < -0.3 is 0 Å². The van der Waals surface area contributed by atoms with Crippen LogP contribution in [0, 0.1) is 27.6 Å². The molecule has 0 unspecified atom stereocenters. The Morgan fingerprint density at radius 3 is 2.67 bits per heavy atom. The summed E-state index contributed by atoms with van der Waals surface area (Å²) in [4.78, 5) is 25.9. The van der Waals surface area contributed by atoms with Gasteiger partial charge in [0, 0.05) is 12.3 Å². The first-order chi connectivity index (χ1) is 11.4. The van der Waals surface area contributed by atoms with Gasteiger partial charge in [0.2, 0.25) is 11.6 Å². The standard InChI is InChI=1S/C13H6F3N5O3/c14-7-4-3-6(9(15)10(7)16)12(22)18-13-17-11-8(21(23)24)2-1-5-20(11)19-13/h1-5H,(H,18,19,22). The second kappa shape index (κ2) is 5.61. The van der Waals surface area contributed by atoms with E-state index >= 15 is 0 Å². The van der Waals surface area contributed by atoms with E-state index in [0.717, 1.165) is 10.6 Å². The molecule has 0 saturated carbocycles. The van der Waals surface area contributed by atoms with Crippen LogP contribution in [-0.2, 0) is 0 Å². The number of hydrogen-bond donors (Lipinski definition) is 1. The molecule has 11 heteroatoms. The molecule has 2 heterocycles. The fraction of sp³-hybridized carbons (Fsp3) is 0. The van der Waals surface area contributed by atoms with Crippen LogP contribution in [0.5, 0.6) is 0 Å². The Hall–Kier alpha value is -3.50. The summed E-state index contributed by atoms with van der Waals surface area (Å²) in [5.41, 5.74) is -1.27. The van der Waals surface area contributed by atoms with Crippen molar-refractivity contribution < 1.29 is 22.9 Å². The average molecular weight is 337 g/mol. The lowest BCUT2D eigenvalue weighted by Crippen LogP contribution is -2.16. The zero-order valence-electron chi connectivity index (χ0n) is 11.5. The Kier molecular flexibility index (Phi) is 3.60. The highest BCUT2D eigenvalue weighted by molar-refractivity contribution is 6.03. The van der Waals surface area contributed by atoms with E-state index in [2.05, 4.69) is 15.4 Å². The van der Waals surface area contributed by atoms with E-state index < -0.39 is 33.8 Å². The van der Waals surface area contributed by atoms with Crippen LogP contribution < -0.4 is 5.32 Å². The van der Waals surface area contributed by atoms with Gasteiger partial charge in [-0.15, -0.1) is 5.10 Å². The van der Waals surface area contributed by atoms with Crippen LogP contribution in [0.15, 0.2) is 30.5 Å². The number of carbonyl (C=O) groups is 1. The van der Waals surface area contributed by atoms with Gasteiger partial charge in [0.25, 0.3) is 5.91 Å². The highest BCUT2D eigenvalue weighted by Crippen LogP contribution is 2.20. The minimum absolute atomic E-state index is 0.149. The summed E-state index contributed by atoms with van der Waals surface area (Å²) in [6, 6.07) is 3.88. The van der Waals surface area contributed by atoms with Crippen LogP contribution in [0.1, 0.15) is 10.4 Å². The fourth-order valence-electron chi connectivity index (χ4n) is 1.96. The molecular formula is C13H6F3N5O3. The third-order valence-corrected chi connectivity index (χ3v) is 3.04. The molecule has 8 nitrogen and oxygen atoms in total. The van der Waals surface area contributed by atoms with E-state index in [4.69, 9.17) is 0 Å². The molecule has 0 aliphatic carbocycles. The van der Waals surface area contributed by atoms with Gasteiger partial charge >= 0.3 is 5.69 Å². The minimum atomic E-state index is -1.79. The van der Waals surface area contributed by atoms with Crippen LogP contribution in [0.2, 0.25) is 0 Å². The number of pyridine rings is 1. The maximum Gasteiger partial charge on any atom is 0.313 e. The summed E-state index contributed by atoms with van der Waals surface area (Å²) in [6.07, 6.45) is 1.35. The number of anilines is 1. The van der Waals surface area contributed by atoms with Gasteiger partial charge in [-0.1, -0.05) is 0 Å². The Morgan fingerprint density at radius 1 is 1.21 bits per heavy atom. The Labute approximate surface area is 130 Å². The predicted octanol–water partition coefficient (Wildman–Crippen LogP) is 2.31. The highest BCUT2D eigenvalue weighted by Gasteiger charge is 2.21. The van der Waals surface area contributed by atoms with Crippen LogP contribution in [0.25, 0.3) is 5.65 Å². The van der Waals surface area contributed by atoms with E-state index in [1.54, 1.807) is 0 Å². The van der Waals surface area contributed by atoms with Gasteiger partial charge in [-0.05, 0) is 18.2 Å². The predicted molar refractivity (Wildman–Crippen MR) is 73.9 cm³/mol. The number of halogens is 3. The summed E-state index contributed by atoms with van der Waals surface area (Å²) in [6.45, 7) is 0. The lowest BCUT2D eigenvalue weighted by Gasteiger charge is -2.03. The second-order valence-corrected chi connectivity index (χ2v) is 4.53. The number of fused-ring (bicyclic) bond motifs is 1. The summed E-state index contributed by atoms with van der Waals surface area (Å²) in [5.74, 6) is -6.39. The monoisotopic (exact) mass is 337 g/mol. The quantitative estimate of drug-likeness (QED) is 0.449. The van der Waals surface area contributed by atoms with E-state index in [-0.39, 0.29) is 17.3 Å². The highest BCUT2D eigenvalue weighted by atomic mass is 19.2. The number of nitrogens with zero attached hydrogens (tertiary/aromatic N) is 4. The van der Waals surface area contributed by atoms with Crippen LogP contribution in [-0.4, -0.2) is 25.4 Å². The van der Waals surface area contributed by atoms with Gasteiger partial charge in [0.05, 0.1) is 10.5 Å². The zero-order chi connectivity index (χ0) is 17.4. The van der Waals surface area contributed by atoms with Gasteiger partial charge in [-0.3, -0.25) is 20.2 Å². The van der Waals surface area contributed by atoms with Gasteiger partial charge in [-0.2, -0.15) is 4.98 Å². The van der Waals surface area contributed by atoms with E-state index in [1.807, 2.05) is 0 Å². The van der Waals surface area contributed by atoms with Crippen molar-refractivity contribution in [2.24, 2.45) is 0 Å². The molecule has 0 spiro atoms. The van der Waals surface area contributed by atoms with Crippen molar-refractivity contribution in [3.8, 4) is 0 Å². The van der Waals surface area contributed by atoms with Crippen molar-refractivity contribution >= 4 is 23.2 Å². The number of carbonyl (C=O) groups excluding carboxylic acids is 1. The van der Waals surface area contributed by atoms with Crippen molar-refractivity contribution in [1.82, 2.24) is 14.6 Å². The largest absolute Gasteiger partial charge is 0.313 e. The molecule has 0 bridgehead atoms.